The van der Waals surface area contributed by atoms with Crippen LogP contribution in [0.2, 0.25) is 0 Å². The number of benzene rings is 1. The summed E-state index contributed by atoms with van der Waals surface area (Å²) < 4.78 is 6.06. The lowest BCUT2D eigenvalue weighted by atomic mass is 10.1. The molecular formula is C25H34N4O2S. The van der Waals surface area contributed by atoms with E-state index in [1.165, 1.54) is 42.1 Å². The highest BCUT2D eigenvalue weighted by Crippen LogP contribution is 2.34. The summed E-state index contributed by atoms with van der Waals surface area (Å²) in [6.07, 6.45) is 4.71. The molecule has 0 atom stereocenters. The predicted molar refractivity (Wildman–Crippen MR) is 130 cm³/mol. The maximum absolute atomic E-state index is 13.2. The summed E-state index contributed by atoms with van der Waals surface area (Å²) in [5, 5.41) is 1.02. The Labute approximate surface area is 195 Å². The zero-order chi connectivity index (χ0) is 21.8. The molecule has 1 aromatic carbocycles. The van der Waals surface area contributed by atoms with Crippen LogP contribution in [0, 0.1) is 0 Å². The van der Waals surface area contributed by atoms with Gasteiger partial charge in [-0.2, -0.15) is 0 Å². The zero-order valence-electron chi connectivity index (χ0n) is 18.9. The van der Waals surface area contributed by atoms with E-state index in [1.807, 2.05) is 15.9 Å². The molecule has 5 rings (SSSR count). The second-order valence-corrected chi connectivity index (χ2v) is 10.1. The number of para-hydroxylation sites is 1. The third kappa shape index (κ3) is 5.04. The van der Waals surface area contributed by atoms with E-state index in [0.717, 1.165) is 63.8 Å². The van der Waals surface area contributed by atoms with Gasteiger partial charge in [-0.25, -0.2) is 4.79 Å². The highest BCUT2D eigenvalue weighted by atomic mass is 32.1. The lowest BCUT2D eigenvalue weighted by Crippen LogP contribution is -2.53. The molecule has 0 aliphatic carbocycles. The van der Waals surface area contributed by atoms with Crippen molar-refractivity contribution < 1.29 is 9.53 Å². The fourth-order valence-corrected chi connectivity index (χ4v) is 6.04. The molecule has 0 bridgehead atoms. The summed E-state index contributed by atoms with van der Waals surface area (Å²) in [7, 11) is 0. The average Bonchev–Trinajstić information content (AvgIpc) is 3.51. The number of rotatable bonds is 6. The molecule has 0 spiro atoms. The van der Waals surface area contributed by atoms with Gasteiger partial charge >= 0.3 is 6.03 Å². The molecule has 2 saturated heterocycles. The summed E-state index contributed by atoms with van der Waals surface area (Å²) in [6, 6.07) is 12.8. The summed E-state index contributed by atoms with van der Waals surface area (Å²) in [4.78, 5) is 23.5. The lowest BCUT2D eigenvalue weighted by molar-refractivity contribution is 0.145. The van der Waals surface area contributed by atoms with Crippen LogP contribution in [0.1, 0.15) is 29.7 Å². The van der Waals surface area contributed by atoms with Gasteiger partial charge in [-0.15, -0.1) is 11.3 Å². The minimum absolute atomic E-state index is 0.183. The quantitative estimate of drug-likeness (QED) is 0.621. The number of ether oxygens (including phenoxy) is 1. The van der Waals surface area contributed by atoms with Gasteiger partial charge in [0.05, 0.1) is 6.61 Å². The maximum atomic E-state index is 13.2. The van der Waals surface area contributed by atoms with Crippen LogP contribution in [0.25, 0.3) is 0 Å². The van der Waals surface area contributed by atoms with Crippen LogP contribution in [0.15, 0.2) is 36.4 Å². The van der Waals surface area contributed by atoms with Crippen LogP contribution in [0.5, 0.6) is 5.06 Å². The van der Waals surface area contributed by atoms with Gasteiger partial charge < -0.3 is 24.3 Å². The van der Waals surface area contributed by atoms with Gasteiger partial charge in [0.2, 0.25) is 0 Å². The second kappa shape index (κ2) is 10.1. The maximum Gasteiger partial charge on any atom is 0.320 e. The van der Waals surface area contributed by atoms with Crippen molar-refractivity contribution in [1.82, 2.24) is 14.7 Å². The number of amides is 2. The van der Waals surface area contributed by atoms with Crippen LogP contribution >= 0.6 is 11.3 Å². The van der Waals surface area contributed by atoms with Crippen molar-refractivity contribution in [2.24, 2.45) is 0 Å². The van der Waals surface area contributed by atoms with Gasteiger partial charge in [0.15, 0.2) is 5.06 Å². The van der Waals surface area contributed by atoms with E-state index in [4.69, 9.17) is 4.74 Å². The highest BCUT2D eigenvalue weighted by Gasteiger charge is 2.29. The van der Waals surface area contributed by atoms with Gasteiger partial charge in [-0.3, -0.25) is 0 Å². The van der Waals surface area contributed by atoms with Crippen molar-refractivity contribution in [3.05, 3.63) is 46.8 Å². The number of carbonyl (C=O) groups is 1. The Morgan fingerprint density at radius 3 is 2.50 bits per heavy atom. The lowest BCUT2D eigenvalue weighted by Gasteiger charge is -2.39. The number of urea groups is 1. The van der Waals surface area contributed by atoms with Crippen LogP contribution in [0.3, 0.4) is 0 Å². The number of hydrogen-bond donors (Lipinski definition) is 0. The SMILES string of the molecule is O=C(N1CCN(c2ccccc2)CC1)N1CCc2sc(OCCCN3CCCC3)cc2C1. The molecule has 7 heteroatoms. The second-order valence-electron chi connectivity index (χ2n) is 9.03. The Morgan fingerprint density at radius 1 is 0.938 bits per heavy atom. The molecule has 4 heterocycles. The van der Waals surface area contributed by atoms with E-state index in [2.05, 4.69) is 40.1 Å². The van der Waals surface area contributed by atoms with Crippen molar-refractivity contribution in [3.8, 4) is 5.06 Å². The van der Waals surface area contributed by atoms with E-state index in [9.17, 15) is 4.79 Å². The first-order valence-electron chi connectivity index (χ1n) is 12.1. The molecule has 2 amide bonds. The number of hydrogen-bond acceptors (Lipinski definition) is 5. The van der Waals surface area contributed by atoms with E-state index in [0.29, 0.717) is 6.54 Å². The molecule has 32 heavy (non-hydrogen) atoms. The number of anilines is 1. The Kier molecular flexibility index (Phi) is 6.83. The molecule has 2 aromatic rings. The third-order valence-corrected chi connectivity index (χ3v) is 8.00. The van der Waals surface area contributed by atoms with E-state index in [-0.39, 0.29) is 6.03 Å². The van der Waals surface area contributed by atoms with Crippen LogP contribution in [-0.2, 0) is 13.0 Å². The number of likely N-dealkylation sites (tertiary alicyclic amines) is 1. The standard InChI is InChI=1S/C25H34N4O2S/c30-25(28-16-14-27(15-17-28)22-7-2-1-3-8-22)29-13-9-23-21(20-29)19-24(32-23)31-18-6-12-26-10-4-5-11-26/h1-3,7-8,19H,4-6,9-18,20H2. The summed E-state index contributed by atoms with van der Waals surface area (Å²) in [5.74, 6) is 0. The number of thiophene rings is 1. The van der Waals surface area contributed by atoms with Gasteiger partial charge in [0, 0.05) is 56.4 Å². The third-order valence-electron chi connectivity index (χ3n) is 6.85. The fraction of sp³-hybridized carbons (Fsp3) is 0.560. The van der Waals surface area contributed by atoms with Crippen molar-refractivity contribution in [3.63, 3.8) is 0 Å². The number of carbonyl (C=O) groups excluding carboxylic acids is 1. The smallest absolute Gasteiger partial charge is 0.320 e. The van der Waals surface area contributed by atoms with Gasteiger partial charge in [-0.05, 0) is 62.5 Å². The topological polar surface area (TPSA) is 39.3 Å². The molecule has 2 fully saturated rings. The van der Waals surface area contributed by atoms with Crippen molar-refractivity contribution >= 4 is 23.1 Å². The average molecular weight is 455 g/mol. The molecule has 0 saturated carbocycles. The van der Waals surface area contributed by atoms with Gasteiger partial charge in [-0.1, -0.05) is 18.2 Å². The van der Waals surface area contributed by atoms with Gasteiger partial charge in [0.25, 0.3) is 0 Å². The van der Waals surface area contributed by atoms with Crippen molar-refractivity contribution in [2.45, 2.75) is 32.2 Å². The fourth-order valence-electron chi connectivity index (χ4n) is 5.00. The molecule has 0 unspecified atom stereocenters. The molecule has 1 aromatic heterocycles. The first kappa shape index (κ1) is 21.6. The highest BCUT2D eigenvalue weighted by molar-refractivity contribution is 7.14. The molecule has 0 radical (unpaired) electrons. The van der Waals surface area contributed by atoms with E-state index < -0.39 is 0 Å². The van der Waals surface area contributed by atoms with Crippen LogP contribution in [-0.4, -0.2) is 79.7 Å². The first-order chi connectivity index (χ1) is 15.8. The Balaban J connectivity index is 1.09. The Morgan fingerprint density at radius 2 is 1.72 bits per heavy atom. The molecule has 6 nitrogen and oxygen atoms in total. The number of fused-ring (bicyclic) bond motifs is 1. The molecule has 0 N–H and O–H groups in total. The number of piperazine rings is 1. The van der Waals surface area contributed by atoms with E-state index >= 15 is 0 Å². The monoisotopic (exact) mass is 454 g/mol. The molecule has 172 valence electrons. The zero-order valence-corrected chi connectivity index (χ0v) is 19.7. The first-order valence-corrected chi connectivity index (χ1v) is 12.9. The van der Waals surface area contributed by atoms with E-state index in [1.54, 1.807) is 11.3 Å². The summed E-state index contributed by atoms with van der Waals surface area (Å²) in [5.41, 5.74) is 2.51. The Bertz CT molecular complexity index is 889. The molecular weight excluding hydrogens is 420 g/mol. The van der Waals surface area contributed by atoms with Crippen molar-refractivity contribution in [1.29, 1.82) is 0 Å². The molecule has 3 aliphatic heterocycles. The summed E-state index contributed by atoms with van der Waals surface area (Å²) >= 11 is 1.77. The van der Waals surface area contributed by atoms with Crippen LogP contribution in [0.4, 0.5) is 10.5 Å². The normalized spacial score (nSPS) is 19.3. The van der Waals surface area contributed by atoms with Crippen molar-refractivity contribution in [2.75, 3.05) is 63.9 Å². The Hall–Kier alpha value is -2.25. The molecule has 3 aliphatic rings. The number of nitrogens with zero attached hydrogens (tertiary/aromatic N) is 4. The van der Waals surface area contributed by atoms with Gasteiger partial charge in [0.1, 0.15) is 0 Å². The van der Waals surface area contributed by atoms with Crippen LogP contribution < -0.4 is 9.64 Å². The minimum Gasteiger partial charge on any atom is -0.484 e. The predicted octanol–water partition coefficient (Wildman–Crippen LogP) is 3.91. The minimum atomic E-state index is 0.183. The largest absolute Gasteiger partial charge is 0.484 e. The summed E-state index contributed by atoms with van der Waals surface area (Å²) in [6.45, 7) is 9.29.